The molecule has 0 saturated carbocycles. The molecule has 3 atom stereocenters. The number of likely N-dealkylation sites (N-methyl/N-ethyl adjacent to an activating group) is 1. The van der Waals surface area contributed by atoms with E-state index in [4.69, 9.17) is 0 Å². The summed E-state index contributed by atoms with van der Waals surface area (Å²) < 4.78 is 0. The number of fused-ring (bicyclic) bond motifs is 3. The number of phenolic OH excluding ortho intramolecular Hbond substituents is 2. The number of aryl methyl sites for hydroxylation is 2. The number of benzene rings is 2. The summed E-state index contributed by atoms with van der Waals surface area (Å²) in [5.41, 5.74) is 1.54. The molecule has 0 fully saturated rings. The van der Waals surface area contributed by atoms with Gasteiger partial charge in [-0.3, -0.25) is 19.3 Å². The van der Waals surface area contributed by atoms with Crippen LogP contribution in [0.15, 0.2) is 23.5 Å². The average molecular weight is 423 g/mol. The first-order valence-electron chi connectivity index (χ1n) is 10.1. The molecule has 0 saturated heterocycles. The largest absolute Gasteiger partial charge is 0.510 e. The van der Waals surface area contributed by atoms with E-state index in [2.05, 4.69) is 0 Å². The Hall–Kier alpha value is -3.19. The summed E-state index contributed by atoms with van der Waals surface area (Å²) in [7, 11) is 3.44. The fourth-order valence-electron chi connectivity index (χ4n) is 5.31. The Kier molecular flexibility index (Phi) is 4.70. The second-order valence-electron chi connectivity index (χ2n) is 8.78. The topological polar surface area (TPSA) is 115 Å². The zero-order chi connectivity index (χ0) is 22.9. The number of aliphatic hydroxyl groups is 1. The van der Waals surface area contributed by atoms with Crippen molar-refractivity contribution in [1.29, 1.82) is 0 Å². The molecule has 0 amide bonds. The molecule has 0 aliphatic heterocycles. The predicted molar refractivity (Wildman–Crippen MR) is 115 cm³/mol. The van der Waals surface area contributed by atoms with Crippen LogP contribution in [0.4, 0.5) is 0 Å². The molecule has 7 heteroatoms. The average Bonchev–Trinajstić information content (AvgIpc) is 2.67. The van der Waals surface area contributed by atoms with Crippen LogP contribution < -0.4 is 0 Å². The zero-order valence-corrected chi connectivity index (χ0v) is 18.1. The molecule has 0 spiro atoms. The number of carbonyl (C=O) groups is 3. The molecule has 0 bridgehead atoms. The number of rotatable bonds is 2. The first-order valence-corrected chi connectivity index (χ1v) is 10.1. The van der Waals surface area contributed by atoms with E-state index in [0.717, 1.165) is 5.56 Å². The Morgan fingerprint density at radius 3 is 2.26 bits per heavy atom. The van der Waals surface area contributed by atoms with Crippen LogP contribution in [0.25, 0.3) is 10.8 Å². The molecule has 4 rings (SSSR count). The first-order chi connectivity index (χ1) is 14.5. The molecule has 0 heterocycles. The highest BCUT2D eigenvalue weighted by molar-refractivity contribution is 6.29. The summed E-state index contributed by atoms with van der Waals surface area (Å²) in [6.45, 7) is 4.70. The number of aliphatic hydroxyl groups excluding tert-OH is 1. The quantitative estimate of drug-likeness (QED) is 0.502. The molecule has 0 aromatic heterocycles. The van der Waals surface area contributed by atoms with E-state index < -0.39 is 35.2 Å². The molecule has 2 unspecified atom stereocenters. The van der Waals surface area contributed by atoms with Gasteiger partial charge in [-0.25, -0.2) is 0 Å². The van der Waals surface area contributed by atoms with E-state index in [9.17, 15) is 29.7 Å². The molecule has 7 nitrogen and oxygen atoms in total. The normalized spacial score (nSPS) is 23.4. The van der Waals surface area contributed by atoms with Gasteiger partial charge in [-0.15, -0.1) is 0 Å². The Morgan fingerprint density at radius 1 is 1.03 bits per heavy atom. The van der Waals surface area contributed by atoms with Crippen molar-refractivity contribution < 1.29 is 29.7 Å². The van der Waals surface area contributed by atoms with Crippen molar-refractivity contribution in [2.24, 2.45) is 11.8 Å². The van der Waals surface area contributed by atoms with Crippen molar-refractivity contribution in [2.45, 2.75) is 33.2 Å². The number of phenols is 2. The van der Waals surface area contributed by atoms with E-state index in [-0.39, 0.29) is 40.2 Å². The Morgan fingerprint density at radius 2 is 1.68 bits per heavy atom. The highest BCUT2D eigenvalue weighted by atomic mass is 16.3. The van der Waals surface area contributed by atoms with Crippen LogP contribution in [0.1, 0.15) is 34.0 Å². The molecule has 162 valence electrons. The van der Waals surface area contributed by atoms with E-state index in [0.29, 0.717) is 16.5 Å². The summed E-state index contributed by atoms with van der Waals surface area (Å²) in [6.07, 6.45) is 0.263. The lowest BCUT2D eigenvalue weighted by atomic mass is 9.63. The van der Waals surface area contributed by atoms with Crippen molar-refractivity contribution in [3.05, 3.63) is 45.7 Å². The minimum absolute atomic E-state index is 0.0160. The lowest BCUT2D eigenvalue weighted by Crippen LogP contribution is -2.53. The summed E-state index contributed by atoms with van der Waals surface area (Å²) in [5, 5.41) is 33.2. The van der Waals surface area contributed by atoms with Crippen LogP contribution in [-0.4, -0.2) is 57.7 Å². The van der Waals surface area contributed by atoms with Gasteiger partial charge in [0.15, 0.2) is 17.3 Å². The molecule has 2 aliphatic rings. The minimum atomic E-state index is -1.19. The van der Waals surface area contributed by atoms with E-state index >= 15 is 0 Å². The second-order valence-corrected chi connectivity index (χ2v) is 8.78. The monoisotopic (exact) mass is 423 g/mol. The number of ketones is 3. The molecule has 2 aromatic rings. The summed E-state index contributed by atoms with van der Waals surface area (Å²) in [5.74, 6) is -4.44. The van der Waals surface area contributed by atoms with Gasteiger partial charge in [0.25, 0.3) is 0 Å². The van der Waals surface area contributed by atoms with Crippen molar-refractivity contribution >= 4 is 28.1 Å². The molecular formula is C24H25NO6. The van der Waals surface area contributed by atoms with Crippen molar-refractivity contribution in [3.8, 4) is 11.5 Å². The van der Waals surface area contributed by atoms with Gasteiger partial charge >= 0.3 is 0 Å². The SMILES string of the molecule is CC(=O)C1=C(O)[C@H](N(C)C)C2Cc3c(c(O)c4c(O)c(C)ccc4c3C)C(=O)C2C1=O. The van der Waals surface area contributed by atoms with Crippen molar-refractivity contribution in [2.75, 3.05) is 14.1 Å². The van der Waals surface area contributed by atoms with E-state index in [1.807, 2.05) is 6.92 Å². The Bertz CT molecular complexity index is 1220. The lowest BCUT2D eigenvalue weighted by Gasteiger charge is -2.43. The molecule has 2 aromatic carbocycles. The fourth-order valence-corrected chi connectivity index (χ4v) is 5.31. The van der Waals surface area contributed by atoms with Gasteiger partial charge in [-0.1, -0.05) is 12.1 Å². The van der Waals surface area contributed by atoms with Crippen LogP contribution in [0, 0.1) is 25.7 Å². The number of allylic oxidation sites excluding steroid dienone is 1. The lowest BCUT2D eigenvalue weighted by molar-refractivity contribution is -0.125. The maximum Gasteiger partial charge on any atom is 0.181 e. The third kappa shape index (κ3) is 2.73. The predicted octanol–water partition coefficient (Wildman–Crippen LogP) is 2.75. The number of aromatic hydroxyl groups is 2. The van der Waals surface area contributed by atoms with Gasteiger partial charge in [0.2, 0.25) is 0 Å². The van der Waals surface area contributed by atoms with Gasteiger partial charge < -0.3 is 15.3 Å². The summed E-state index contributed by atoms with van der Waals surface area (Å²) in [6, 6.07) is 2.84. The highest BCUT2D eigenvalue weighted by Crippen LogP contribution is 2.49. The smallest absolute Gasteiger partial charge is 0.181 e. The van der Waals surface area contributed by atoms with Crippen LogP contribution in [0.5, 0.6) is 11.5 Å². The van der Waals surface area contributed by atoms with Gasteiger partial charge in [0.1, 0.15) is 22.8 Å². The third-order valence-corrected chi connectivity index (χ3v) is 6.79. The van der Waals surface area contributed by atoms with Crippen LogP contribution in [0.3, 0.4) is 0 Å². The van der Waals surface area contributed by atoms with Gasteiger partial charge in [-0.2, -0.15) is 0 Å². The third-order valence-electron chi connectivity index (χ3n) is 6.79. The molecular weight excluding hydrogens is 398 g/mol. The van der Waals surface area contributed by atoms with Crippen molar-refractivity contribution in [1.82, 2.24) is 4.90 Å². The van der Waals surface area contributed by atoms with Gasteiger partial charge in [0.05, 0.1) is 22.9 Å². The molecule has 3 N–H and O–H groups in total. The zero-order valence-electron chi connectivity index (χ0n) is 18.1. The van der Waals surface area contributed by atoms with Gasteiger partial charge in [-0.05, 0) is 63.4 Å². The Balaban J connectivity index is 2.03. The van der Waals surface area contributed by atoms with Crippen LogP contribution >= 0.6 is 0 Å². The Labute approximate surface area is 179 Å². The number of Topliss-reactive ketones (excluding diaryl/α,β-unsaturated/α-hetero) is 3. The molecule has 2 aliphatic carbocycles. The number of hydrogen-bond donors (Lipinski definition) is 3. The minimum Gasteiger partial charge on any atom is -0.510 e. The van der Waals surface area contributed by atoms with E-state index in [1.54, 1.807) is 38.1 Å². The number of carbonyl (C=O) groups excluding carboxylic acids is 3. The fraction of sp³-hybridized carbons (Fsp3) is 0.375. The maximum atomic E-state index is 13.6. The number of hydrogen-bond acceptors (Lipinski definition) is 7. The summed E-state index contributed by atoms with van der Waals surface area (Å²) >= 11 is 0. The maximum absolute atomic E-state index is 13.6. The highest BCUT2D eigenvalue weighted by Gasteiger charge is 2.53. The standard InChI is InChI=1S/C24H25NO6/c1-9-6-7-12-10(2)13-8-14-18(23(30)17(13)22(29)16(12)20(9)27)21(28)15(11(3)26)24(31)19(14)25(4)5/h6-7,14,18-19,27,29,31H,8H2,1-5H3/t14?,18?,19-/m1/s1. The first kappa shape index (κ1) is 21.1. The second kappa shape index (κ2) is 6.92. The molecule has 0 radical (unpaired) electrons. The van der Waals surface area contributed by atoms with E-state index in [1.165, 1.54) is 6.92 Å². The van der Waals surface area contributed by atoms with Crippen LogP contribution in [-0.2, 0) is 16.0 Å². The van der Waals surface area contributed by atoms with Gasteiger partial charge in [0, 0.05) is 5.92 Å². The van der Waals surface area contributed by atoms with Crippen LogP contribution in [0.2, 0.25) is 0 Å². The summed E-state index contributed by atoms with van der Waals surface area (Å²) in [4.78, 5) is 40.6. The molecule has 31 heavy (non-hydrogen) atoms. The van der Waals surface area contributed by atoms with Crippen molar-refractivity contribution in [3.63, 3.8) is 0 Å². The number of nitrogens with zero attached hydrogens (tertiary/aromatic N) is 1.